The topological polar surface area (TPSA) is 96.2 Å². The van der Waals surface area contributed by atoms with Crippen LogP contribution in [-0.4, -0.2) is 56.2 Å². The summed E-state index contributed by atoms with van der Waals surface area (Å²) in [6.45, 7) is -2.62. The van der Waals surface area contributed by atoms with E-state index in [0.29, 0.717) is 28.2 Å². The first-order valence-electron chi connectivity index (χ1n) is 11.4. The molecule has 3 aromatic rings. The van der Waals surface area contributed by atoms with Gasteiger partial charge in [-0.3, -0.25) is 4.79 Å². The second kappa shape index (κ2) is 7.02. The van der Waals surface area contributed by atoms with Crippen LogP contribution >= 0.6 is 0 Å². The molecule has 4 atom stereocenters. The number of nitrogens with one attached hydrogen (secondary N) is 1. The van der Waals surface area contributed by atoms with Gasteiger partial charge in [0.2, 0.25) is 0 Å². The summed E-state index contributed by atoms with van der Waals surface area (Å²) < 4.78 is 37.9. The minimum Gasteiger partial charge on any atom is -0.507 e. The molecule has 156 valence electrons. The molecule has 2 unspecified atom stereocenters. The van der Waals surface area contributed by atoms with E-state index in [2.05, 4.69) is 20.5 Å². The van der Waals surface area contributed by atoms with Crippen LogP contribution in [0.4, 0.5) is 10.2 Å². The Morgan fingerprint density at radius 3 is 3.00 bits per heavy atom. The Balaban J connectivity index is 1.45. The Hall–Kier alpha value is -3.07. The first kappa shape index (κ1) is 15.7. The maximum atomic E-state index is 14.9. The van der Waals surface area contributed by atoms with Crippen LogP contribution in [0.15, 0.2) is 35.4 Å². The fourth-order valence-corrected chi connectivity index (χ4v) is 4.53. The lowest BCUT2D eigenvalue weighted by atomic mass is 9.96. The number of hydrogen-bond acceptors (Lipinski definition) is 7. The molecule has 2 bridgehead atoms. The molecule has 4 heterocycles. The van der Waals surface area contributed by atoms with Crippen LogP contribution in [0.2, 0.25) is 0 Å². The van der Waals surface area contributed by atoms with E-state index in [0.717, 1.165) is 12.8 Å². The highest BCUT2D eigenvalue weighted by Crippen LogP contribution is 2.34. The number of rotatable bonds is 3. The highest BCUT2D eigenvalue weighted by molar-refractivity contribution is 5.88. The van der Waals surface area contributed by atoms with Crippen molar-refractivity contribution < 1.29 is 13.6 Å². The third-order valence-electron chi connectivity index (χ3n) is 6.22. The molecule has 0 radical (unpaired) electrons. The van der Waals surface area contributed by atoms with E-state index >= 15 is 0 Å². The number of phenolic OH excluding ortho intramolecular Hbond substituents is 1. The van der Waals surface area contributed by atoms with Gasteiger partial charge in [0.1, 0.15) is 11.9 Å². The summed E-state index contributed by atoms with van der Waals surface area (Å²) >= 11 is 0. The van der Waals surface area contributed by atoms with Gasteiger partial charge in [0.25, 0.3) is 5.56 Å². The largest absolute Gasteiger partial charge is 0.507 e. The summed E-state index contributed by atoms with van der Waals surface area (Å²) in [5.74, 6) is 0.284. The van der Waals surface area contributed by atoms with E-state index in [9.17, 15) is 14.3 Å². The molecule has 0 amide bonds. The molecule has 2 N–H and O–H groups in total. The second-order valence-corrected chi connectivity index (χ2v) is 7.99. The number of phenols is 1. The van der Waals surface area contributed by atoms with Crippen LogP contribution in [0.25, 0.3) is 22.2 Å². The van der Waals surface area contributed by atoms with Crippen molar-refractivity contribution in [2.24, 2.45) is 6.98 Å². The third-order valence-corrected chi connectivity index (χ3v) is 6.22. The van der Waals surface area contributed by atoms with Crippen molar-refractivity contribution in [3.05, 3.63) is 40.9 Å². The number of hydrogen-bond donors (Lipinski definition) is 2. The zero-order chi connectivity index (χ0) is 23.5. The number of halogens is 1. The van der Waals surface area contributed by atoms with Gasteiger partial charge in [-0.15, -0.1) is 10.2 Å². The van der Waals surface area contributed by atoms with Crippen molar-refractivity contribution in [3.8, 4) is 17.1 Å². The first-order valence-corrected chi connectivity index (χ1v) is 9.85. The Morgan fingerprint density at radius 1 is 1.37 bits per heavy atom. The summed E-state index contributed by atoms with van der Waals surface area (Å²) in [6.07, 6.45) is 4.13. The number of nitrogens with zero attached hydrogens (tertiary/aromatic N) is 5. The summed E-state index contributed by atoms with van der Waals surface area (Å²) in [5, 5.41) is 22.6. The molecular weight excluding hydrogens is 387 g/mol. The minimum absolute atomic E-state index is 0.0636. The highest BCUT2D eigenvalue weighted by Gasteiger charge is 2.43. The molecule has 2 saturated heterocycles. The van der Waals surface area contributed by atoms with Crippen LogP contribution in [0.3, 0.4) is 0 Å². The van der Waals surface area contributed by atoms with Crippen molar-refractivity contribution in [2.75, 3.05) is 11.9 Å². The number of fused-ring (bicyclic) bond motifs is 3. The first-order chi connectivity index (χ1) is 15.6. The van der Waals surface area contributed by atoms with E-state index in [1.54, 1.807) is 11.9 Å². The second-order valence-electron chi connectivity index (χ2n) is 7.99. The van der Waals surface area contributed by atoms with Gasteiger partial charge in [-0.25, -0.2) is 9.37 Å². The minimum atomic E-state index is -2.62. The third kappa shape index (κ3) is 3.00. The molecule has 2 fully saturated rings. The fraction of sp³-hybridized carbons (Fsp3) is 0.429. The van der Waals surface area contributed by atoms with Crippen LogP contribution < -0.4 is 15.8 Å². The Labute approximate surface area is 176 Å². The van der Waals surface area contributed by atoms with Gasteiger partial charge in [-0.1, -0.05) is 0 Å². The molecule has 0 aliphatic carbocycles. The van der Waals surface area contributed by atoms with Crippen molar-refractivity contribution in [1.82, 2.24) is 25.1 Å². The summed E-state index contributed by atoms with van der Waals surface area (Å²) in [5.41, 5.74) is -0.486. The van der Waals surface area contributed by atoms with Crippen molar-refractivity contribution >= 4 is 16.6 Å². The fourth-order valence-electron chi connectivity index (χ4n) is 4.53. The molecular formula is C21H23FN6O2. The van der Waals surface area contributed by atoms with E-state index in [-0.39, 0.29) is 34.6 Å². The van der Waals surface area contributed by atoms with Gasteiger partial charge in [-0.2, -0.15) is 0 Å². The molecule has 2 aliphatic rings. The number of piperidine rings is 1. The van der Waals surface area contributed by atoms with E-state index in [4.69, 9.17) is 4.11 Å². The molecule has 1 aromatic carbocycles. The number of benzene rings is 1. The van der Waals surface area contributed by atoms with E-state index in [1.165, 1.54) is 30.6 Å². The van der Waals surface area contributed by atoms with Gasteiger partial charge in [0, 0.05) is 36.4 Å². The normalized spacial score (nSPS) is 27.5. The van der Waals surface area contributed by atoms with E-state index < -0.39 is 18.7 Å². The lowest BCUT2D eigenvalue weighted by molar-refractivity contribution is 0.176. The number of pyridine rings is 1. The number of aryl methyl sites for hydroxylation is 1. The van der Waals surface area contributed by atoms with Crippen molar-refractivity contribution in [2.45, 2.75) is 43.6 Å². The summed E-state index contributed by atoms with van der Waals surface area (Å²) in [7, 11) is 1.77. The number of aromatic nitrogens is 4. The Bertz CT molecular complexity index is 1270. The maximum Gasteiger partial charge on any atom is 0.258 e. The summed E-state index contributed by atoms with van der Waals surface area (Å²) in [4.78, 5) is 18.6. The zero-order valence-electron chi connectivity index (χ0n) is 19.3. The van der Waals surface area contributed by atoms with Gasteiger partial charge in [-0.05, 0) is 42.8 Å². The maximum absolute atomic E-state index is 14.9. The molecule has 30 heavy (non-hydrogen) atoms. The number of alkyl halides is 1. The Kier molecular flexibility index (Phi) is 3.68. The standard InChI is InChI=1S/C21H23FN6O2/c1-27-6-5-11-7-14(17(29)9-13(11)21(27)30)20-23-10-18(25-26-20)28(2)16-8-12-3-4-15(24-12)19(16)22/h5-7,9-10,12,15-16,19,24,29H,3-4,8H2,1-2H3/t12?,15?,16-,19+/m1/s1/i1D3. The molecule has 2 aromatic heterocycles. The molecule has 2 aliphatic heterocycles. The van der Waals surface area contributed by atoms with Crippen LogP contribution in [0.5, 0.6) is 5.75 Å². The lowest BCUT2D eigenvalue weighted by Gasteiger charge is -2.38. The van der Waals surface area contributed by atoms with Gasteiger partial charge in [0.05, 0.1) is 23.2 Å². The van der Waals surface area contributed by atoms with Crippen LogP contribution in [-0.2, 0) is 6.98 Å². The molecule has 0 spiro atoms. The lowest BCUT2D eigenvalue weighted by Crippen LogP contribution is -2.55. The van der Waals surface area contributed by atoms with Gasteiger partial charge >= 0.3 is 0 Å². The highest BCUT2D eigenvalue weighted by atomic mass is 19.1. The SMILES string of the molecule is [2H]C([2H])([2H])n1ccc2cc(-c3ncc(N(C)[C@@H]4CC5CCC(N5)[C@@H]4F)nn3)c(O)cc2c1=O. The van der Waals surface area contributed by atoms with E-state index in [1.807, 2.05) is 0 Å². The number of anilines is 1. The molecule has 8 nitrogen and oxygen atoms in total. The van der Waals surface area contributed by atoms with Crippen molar-refractivity contribution in [3.63, 3.8) is 0 Å². The monoisotopic (exact) mass is 413 g/mol. The smallest absolute Gasteiger partial charge is 0.258 e. The molecule has 9 heteroatoms. The number of aromatic hydroxyl groups is 1. The Morgan fingerprint density at radius 2 is 2.23 bits per heavy atom. The summed E-state index contributed by atoms with van der Waals surface area (Å²) in [6, 6.07) is 4.05. The van der Waals surface area contributed by atoms with Crippen LogP contribution in [0, 0.1) is 0 Å². The molecule has 5 rings (SSSR count). The predicted molar refractivity (Wildman–Crippen MR) is 111 cm³/mol. The predicted octanol–water partition coefficient (Wildman–Crippen LogP) is 1.76. The van der Waals surface area contributed by atoms with Crippen molar-refractivity contribution in [1.29, 1.82) is 0 Å². The average Bonchev–Trinajstić information content (AvgIpc) is 3.19. The average molecular weight is 413 g/mol. The molecule has 0 saturated carbocycles. The zero-order valence-corrected chi connectivity index (χ0v) is 16.3. The van der Waals surface area contributed by atoms with Gasteiger partial charge < -0.3 is 19.9 Å². The van der Waals surface area contributed by atoms with Gasteiger partial charge in [0.15, 0.2) is 11.6 Å². The quantitative estimate of drug-likeness (QED) is 0.675. The van der Waals surface area contributed by atoms with Crippen LogP contribution in [0.1, 0.15) is 23.4 Å².